The van der Waals surface area contributed by atoms with Crippen molar-refractivity contribution in [3.05, 3.63) is 40.8 Å². The Morgan fingerprint density at radius 2 is 1.84 bits per heavy atom. The highest BCUT2D eigenvalue weighted by molar-refractivity contribution is 7.71. The number of carbonyl (C=O) groups excluding carboxylic acids is 1. The zero-order chi connectivity index (χ0) is 22.2. The number of hydrogen-bond acceptors (Lipinski definition) is 6. The van der Waals surface area contributed by atoms with E-state index in [0.717, 1.165) is 63.9 Å². The predicted octanol–water partition coefficient (Wildman–Crippen LogP) is 3.83. The average molecular weight is 443 g/mol. The van der Waals surface area contributed by atoms with Gasteiger partial charge in [0.1, 0.15) is 17.3 Å². The van der Waals surface area contributed by atoms with Gasteiger partial charge in [0, 0.05) is 51.4 Å². The summed E-state index contributed by atoms with van der Waals surface area (Å²) < 4.78 is 0.434. The summed E-state index contributed by atoms with van der Waals surface area (Å²) in [6, 6.07) is 10.5. The third kappa shape index (κ3) is 6.27. The molecule has 0 spiro atoms. The van der Waals surface area contributed by atoms with Gasteiger partial charge in [0.25, 0.3) is 0 Å². The number of hydrogen-bond donors (Lipinski definition) is 2. The smallest absolute Gasteiger partial charge is 0.224 e. The lowest BCUT2D eigenvalue weighted by Gasteiger charge is -2.36. The first-order chi connectivity index (χ1) is 15.0. The van der Waals surface area contributed by atoms with Crippen molar-refractivity contribution in [2.75, 3.05) is 60.9 Å². The van der Waals surface area contributed by atoms with E-state index in [1.54, 1.807) is 0 Å². The van der Waals surface area contributed by atoms with Gasteiger partial charge >= 0.3 is 0 Å². The minimum Gasteiger partial charge on any atom is -0.369 e. The first kappa shape index (κ1) is 23.2. The molecule has 7 nitrogen and oxygen atoms in total. The molecule has 168 valence electrons. The Labute approximate surface area is 190 Å². The number of benzene rings is 1. The van der Waals surface area contributed by atoms with E-state index in [1.807, 2.05) is 6.92 Å². The van der Waals surface area contributed by atoms with E-state index in [4.69, 9.17) is 12.2 Å². The number of nitrogens with one attached hydrogen (secondary N) is 2. The Bertz CT molecular complexity index is 904. The van der Waals surface area contributed by atoms with Crippen LogP contribution in [0.4, 0.5) is 17.2 Å². The summed E-state index contributed by atoms with van der Waals surface area (Å²) in [6.45, 7) is 12.7. The molecule has 1 aliphatic rings. The maximum absolute atomic E-state index is 12.6. The van der Waals surface area contributed by atoms with Crippen molar-refractivity contribution >= 4 is 35.3 Å². The van der Waals surface area contributed by atoms with E-state index in [9.17, 15) is 4.79 Å². The molecule has 0 saturated carbocycles. The molecule has 1 saturated heterocycles. The molecule has 2 aromatic rings. The molecule has 1 aromatic heterocycles. The third-order valence-corrected chi connectivity index (χ3v) is 6.03. The number of amides is 1. The molecule has 1 fully saturated rings. The summed E-state index contributed by atoms with van der Waals surface area (Å²) in [7, 11) is 0. The molecule has 8 heteroatoms. The van der Waals surface area contributed by atoms with Crippen molar-refractivity contribution in [2.24, 2.45) is 0 Å². The number of aromatic amines is 1. The number of para-hydroxylation sites is 1. The normalized spacial score (nSPS) is 14.5. The van der Waals surface area contributed by atoms with E-state index in [-0.39, 0.29) is 5.91 Å². The lowest BCUT2D eigenvalue weighted by molar-refractivity contribution is -0.116. The monoisotopic (exact) mass is 442 g/mol. The van der Waals surface area contributed by atoms with Gasteiger partial charge in [-0.25, -0.2) is 4.98 Å². The lowest BCUT2D eigenvalue weighted by Crippen LogP contribution is -2.46. The second-order valence-corrected chi connectivity index (χ2v) is 8.23. The van der Waals surface area contributed by atoms with Crippen molar-refractivity contribution in [3.63, 3.8) is 0 Å². The van der Waals surface area contributed by atoms with Crippen LogP contribution in [-0.2, 0) is 4.79 Å². The molecule has 31 heavy (non-hydrogen) atoms. The van der Waals surface area contributed by atoms with Crippen LogP contribution in [0.5, 0.6) is 0 Å². The molecule has 2 heterocycles. The number of aromatic nitrogens is 2. The highest BCUT2D eigenvalue weighted by atomic mass is 32.1. The van der Waals surface area contributed by atoms with E-state index in [1.165, 1.54) is 5.69 Å². The van der Waals surface area contributed by atoms with Crippen LogP contribution in [0.2, 0.25) is 0 Å². The first-order valence-corrected chi connectivity index (χ1v) is 11.6. The Morgan fingerprint density at radius 1 is 1.16 bits per heavy atom. The fraction of sp³-hybridized carbons (Fsp3) is 0.522. The second kappa shape index (κ2) is 11.2. The van der Waals surface area contributed by atoms with Crippen LogP contribution in [0.3, 0.4) is 0 Å². The van der Waals surface area contributed by atoms with Crippen LogP contribution in [-0.4, -0.2) is 66.6 Å². The van der Waals surface area contributed by atoms with Crippen LogP contribution in [0.25, 0.3) is 0 Å². The van der Waals surface area contributed by atoms with Crippen molar-refractivity contribution in [1.82, 2.24) is 14.9 Å². The van der Waals surface area contributed by atoms with Crippen LogP contribution in [0.15, 0.2) is 30.3 Å². The molecular formula is C23H34N6OS. The fourth-order valence-electron chi connectivity index (χ4n) is 3.99. The van der Waals surface area contributed by atoms with Gasteiger partial charge in [0.05, 0.1) is 0 Å². The van der Waals surface area contributed by atoms with Gasteiger partial charge in [-0.05, 0) is 45.9 Å². The minimum atomic E-state index is -0.0125. The number of carbonyl (C=O) groups is 1. The van der Waals surface area contributed by atoms with E-state index >= 15 is 0 Å². The summed E-state index contributed by atoms with van der Waals surface area (Å²) in [5.41, 5.74) is 1.90. The Hall–Kier alpha value is -2.45. The van der Waals surface area contributed by atoms with Gasteiger partial charge in [0.2, 0.25) is 5.91 Å². The number of H-pyrrole nitrogens is 1. The van der Waals surface area contributed by atoms with E-state index in [0.29, 0.717) is 16.7 Å². The molecule has 3 rings (SSSR count). The van der Waals surface area contributed by atoms with Gasteiger partial charge in [-0.1, -0.05) is 30.4 Å². The predicted molar refractivity (Wildman–Crippen MR) is 131 cm³/mol. The topological polar surface area (TPSA) is 67.5 Å². The van der Waals surface area contributed by atoms with Crippen molar-refractivity contribution in [3.8, 4) is 0 Å². The zero-order valence-corrected chi connectivity index (χ0v) is 19.7. The Morgan fingerprint density at radius 3 is 2.48 bits per heavy atom. The third-order valence-electron chi connectivity index (χ3n) is 5.74. The summed E-state index contributed by atoms with van der Waals surface area (Å²) in [6.07, 6.45) is 1.30. The van der Waals surface area contributed by atoms with E-state index < -0.39 is 0 Å². The van der Waals surface area contributed by atoms with Crippen LogP contribution in [0, 0.1) is 11.6 Å². The molecule has 1 amide bonds. The highest BCUT2D eigenvalue weighted by Gasteiger charge is 2.18. The van der Waals surface area contributed by atoms with Gasteiger partial charge in [0.15, 0.2) is 4.64 Å². The van der Waals surface area contributed by atoms with E-state index in [2.05, 4.69) is 74.2 Å². The van der Waals surface area contributed by atoms with Gasteiger partial charge in [-0.15, -0.1) is 0 Å². The lowest BCUT2D eigenvalue weighted by atomic mass is 10.2. The standard InChI is InChI=1S/C23H34N6OS/c1-4-28(5-2)22-21(23(31)25-18(3)24-22)26-20(30)12-9-13-27-14-16-29(17-15-27)19-10-7-6-8-11-19/h6-8,10-11H,4-5,9,12-17H2,1-3H3,(H,26,30)(H,24,25,31). The number of nitrogens with zero attached hydrogens (tertiary/aromatic N) is 4. The highest BCUT2D eigenvalue weighted by Crippen LogP contribution is 2.24. The molecule has 0 bridgehead atoms. The molecule has 1 aromatic carbocycles. The Balaban J connectivity index is 1.49. The largest absolute Gasteiger partial charge is 0.369 e. The molecule has 2 N–H and O–H groups in total. The summed E-state index contributed by atoms with van der Waals surface area (Å²) in [5, 5.41) is 3.02. The quantitative estimate of drug-likeness (QED) is 0.575. The van der Waals surface area contributed by atoms with Gasteiger partial charge in [-0.3, -0.25) is 9.69 Å². The molecular weight excluding hydrogens is 408 g/mol. The summed E-state index contributed by atoms with van der Waals surface area (Å²) in [4.78, 5) is 27.2. The van der Waals surface area contributed by atoms with Crippen molar-refractivity contribution in [2.45, 2.75) is 33.6 Å². The number of aryl methyl sites for hydroxylation is 1. The molecule has 0 radical (unpaired) electrons. The molecule has 0 aliphatic carbocycles. The summed E-state index contributed by atoms with van der Waals surface area (Å²) in [5.74, 6) is 1.58. The maximum atomic E-state index is 12.6. The first-order valence-electron chi connectivity index (χ1n) is 11.2. The Kier molecular flexibility index (Phi) is 8.43. The van der Waals surface area contributed by atoms with Crippen molar-refractivity contribution < 1.29 is 4.79 Å². The van der Waals surface area contributed by atoms with Crippen LogP contribution >= 0.6 is 12.2 Å². The average Bonchev–Trinajstić information content (AvgIpc) is 2.78. The minimum absolute atomic E-state index is 0.0125. The van der Waals surface area contributed by atoms with Crippen LogP contribution in [0.1, 0.15) is 32.5 Å². The maximum Gasteiger partial charge on any atom is 0.224 e. The SMILES string of the molecule is CCN(CC)c1[nH]c(C)nc(=S)c1NC(=O)CCCN1CCN(c2ccccc2)CC1. The molecule has 1 aliphatic heterocycles. The second-order valence-electron chi connectivity index (χ2n) is 7.84. The summed E-state index contributed by atoms with van der Waals surface area (Å²) >= 11 is 5.44. The zero-order valence-electron chi connectivity index (χ0n) is 18.9. The fourth-order valence-corrected chi connectivity index (χ4v) is 4.28. The van der Waals surface area contributed by atoms with Crippen molar-refractivity contribution in [1.29, 1.82) is 0 Å². The van der Waals surface area contributed by atoms with Crippen LogP contribution < -0.4 is 15.1 Å². The number of piperazine rings is 1. The molecule has 0 unspecified atom stereocenters. The molecule has 0 atom stereocenters. The number of rotatable bonds is 9. The van der Waals surface area contributed by atoms with Gasteiger partial charge in [-0.2, -0.15) is 0 Å². The number of anilines is 3. The van der Waals surface area contributed by atoms with Gasteiger partial charge < -0.3 is 20.1 Å².